The Morgan fingerprint density at radius 3 is 2.37 bits per heavy atom. The fraction of sp³-hybridized carbons (Fsp3) is 0.409. The van der Waals surface area contributed by atoms with Crippen molar-refractivity contribution in [3.8, 4) is 5.75 Å². The van der Waals surface area contributed by atoms with E-state index in [0.717, 1.165) is 25.3 Å². The van der Waals surface area contributed by atoms with Crippen LogP contribution in [0.4, 0.5) is 14.5 Å². The molecular formula is C22H26F2N2O4. The first kappa shape index (κ1) is 22.0. The molecule has 3 rings (SSSR count). The number of hydrogen-bond acceptors (Lipinski definition) is 6. The molecule has 2 atom stereocenters. The van der Waals surface area contributed by atoms with Crippen molar-refractivity contribution < 1.29 is 28.2 Å². The zero-order valence-corrected chi connectivity index (χ0v) is 17.0. The van der Waals surface area contributed by atoms with Crippen molar-refractivity contribution in [2.24, 2.45) is 0 Å². The Morgan fingerprint density at radius 2 is 1.80 bits per heavy atom. The number of rotatable bonds is 7. The number of nitrogens with zero attached hydrogens (tertiary/aromatic N) is 2. The van der Waals surface area contributed by atoms with Gasteiger partial charge in [-0.2, -0.15) is 8.78 Å². The summed E-state index contributed by atoms with van der Waals surface area (Å²) in [7, 11) is 1.36. The van der Waals surface area contributed by atoms with Crippen LogP contribution in [0.3, 0.4) is 0 Å². The summed E-state index contributed by atoms with van der Waals surface area (Å²) in [6.45, 7) is 2.02. The first-order chi connectivity index (χ1) is 14.4. The normalized spacial score (nSPS) is 18.3. The summed E-state index contributed by atoms with van der Waals surface area (Å²) >= 11 is 0. The highest BCUT2D eigenvalue weighted by molar-refractivity contribution is 5.89. The Morgan fingerprint density at radius 1 is 1.13 bits per heavy atom. The summed E-state index contributed by atoms with van der Waals surface area (Å²) in [5, 5.41) is 10.6. The molecule has 1 aliphatic rings. The number of halogens is 2. The first-order valence-corrected chi connectivity index (χ1v) is 9.77. The maximum Gasteiger partial charge on any atom is 0.387 e. The van der Waals surface area contributed by atoms with Crippen LogP contribution < -0.4 is 9.64 Å². The number of aliphatic hydroxyl groups excluding tert-OH is 1. The molecule has 1 aliphatic heterocycles. The van der Waals surface area contributed by atoms with Crippen LogP contribution in [0, 0.1) is 0 Å². The van der Waals surface area contributed by atoms with Crippen LogP contribution in [0.25, 0.3) is 0 Å². The number of benzene rings is 2. The van der Waals surface area contributed by atoms with E-state index >= 15 is 0 Å². The molecule has 0 radical (unpaired) electrons. The fourth-order valence-electron chi connectivity index (χ4n) is 3.63. The number of piperazine rings is 1. The second kappa shape index (κ2) is 9.86. The fourth-order valence-corrected chi connectivity index (χ4v) is 3.63. The van der Waals surface area contributed by atoms with E-state index in [9.17, 15) is 18.7 Å². The zero-order chi connectivity index (χ0) is 21.7. The molecule has 0 amide bonds. The van der Waals surface area contributed by atoms with E-state index < -0.39 is 12.7 Å². The van der Waals surface area contributed by atoms with Gasteiger partial charge in [0.2, 0.25) is 0 Å². The lowest BCUT2D eigenvalue weighted by Gasteiger charge is -2.41. The summed E-state index contributed by atoms with van der Waals surface area (Å²) in [6, 6.07) is 13.6. The molecule has 0 saturated carbocycles. The van der Waals surface area contributed by atoms with Crippen LogP contribution >= 0.6 is 0 Å². The van der Waals surface area contributed by atoms with Crippen LogP contribution in [0.5, 0.6) is 5.75 Å². The molecule has 1 N–H and O–H groups in total. The van der Waals surface area contributed by atoms with E-state index in [1.54, 1.807) is 24.3 Å². The minimum atomic E-state index is -2.87. The second-order valence-corrected chi connectivity index (χ2v) is 7.29. The van der Waals surface area contributed by atoms with Gasteiger partial charge in [-0.1, -0.05) is 12.1 Å². The van der Waals surface area contributed by atoms with E-state index in [1.165, 1.54) is 19.2 Å². The first-order valence-electron chi connectivity index (χ1n) is 9.77. The Hall–Kier alpha value is -2.71. The molecule has 2 aromatic carbocycles. The minimum absolute atomic E-state index is 0.0705. The van der Waals surface area contributed by atoms with Gasteiger partial charge in [-0.05, 0) is 48.9 Å². The quantitative estimate of drug-likeness (QED) is 0.694. The third-order valence-electron chi connectivity index (χ3n) is 5.32. The van der Waals surface area contributed by atoms with Crippen molar-refractivity contribution in [2.75, 3.05) is 38.2 Å². The van der Waals surface area contributed by atoms with Crippen molar-refractivity contribution in [2.45, 2.75) is 25.7 Å². The number of methoxy groups -OCH3 is 1. The lowest BCUT2D eigenvalue weighted by Crippen LogP contribution is -2.53. The van der Waals surface area contributed by atoms with Crippen LogP contribution in [-0.2, 0) is 4.74 Å². The van der Waals surface area contributed by atoms with Crippen LogP contribution in [0.15, 0.2) is 48.5 Å². The summed E-state index contributed by atoms with van der Waals surface area (Å²) < 4.78 is 33.6. The van der Waals surface area contributed by atoms with E-state index in [2.05, 4.69) is 21.5 Å². The Balaban J connectivity index is 1.55. The van der Waals surface area contributed by atoms with E-state index in [4.69, 9.17) is 4.74 Å². The highest BCUT2D eigenvalue weighted by Gasteiger charge is 2.26. The topological polar surface area (TPSA) is 62.2 Å². The monoisotopic (exact) mass is 420 g/mol. The maximum absolute atomic E-state index is 12.3. The van der Waals surface area contributed by atoms with Crippen LogP contribution in [0.2, 0.25) is 0 Å². The maximum atomic E-state index is 12.3. The number of esters is 1. The lowest BCUT2D eigenvalue weighted by atomic mass is 10.1. The predicted molar refractivity (Wildman–Crippen MR) is 109 cm³/mol. The number of hydrogen-bond donors (Lipinski definition) is 1. The van der Waals surface area contributed by atoms with E-state index in [0.29, 0.717) is 17.7 Å². The molecule has 0 aliphatic carbocycles. The molecule has 0 bridgehead atoms. The van der Waals surface area contributed by atoms with Gasteiger partial charge in [0.15, 0.2) is 0 Å². The number of alkyl halides is 2. The van der Waals surface area contributed by atoms with Gasteiger partial charge in [0.25, 0.3) is 0 Å². The number of anilines is 1. The van der Waals surface area contributed by atoms with Gasteiger partial charge >= 0.3 is 12.6 Å². The highest BCUT2D eigenvalue weighted by Crippen LogP contribution is 2.24. The number of β-amino-alcohol motifs (C(OH)–C–C–N with tert-alkyl or cyclic N) is 1. The third kappa shape index (κ3) is 5.46. The molecule has 30 heavy (non-hydrogen) atoms. The second-order valence-electron chi connectivity index (χ2n) is 7.29. The van der Waals surface area contributed by atoms with Crippen molar-refractivity contribution in [1.29, 1.82) is 0 Å². The van der Waals surface area contributed by atoms with E-state index in [1.807, 2.05) is 12.1 Å². The Labute approximate surface area is 174 Å². The van der Waals surface area contributed by atoms with Gasteiger partial charge in [0.05, 0.1) is 18.8 Å². The molecule has 0 aromatic heterocycles. The van der Waals surface area contributed by atoms with Crippen LogP contribution in [-0.4, -0.2) is 61.9 Å². The SMILES string of the molecule is COC(=O)c1ccc(N2CCN(CC(O)c3ccc(OC(F)F)cc3)C(C)C2)cc1. The molecule has 6 nitrogen and oxygen atoms in total. The van der Waals surface area contributed by atoms with Crippen molar-refractivity contribution in [3.05, 3.63) is 59.7 Å². The molecule has 0 spiro atoms. The molecular weight excluding hydrogens is 394 g/mol. The van der Waals surface area contributed by atoms with Gasteiger partial charge in [-0.3, -0.25) is 4.90 Å². The summed E-state index contributed by atoms with van der Waals surface area (Å²) in [5.41, 5.74) is 2.20. The van der Waals surface area contributed by atoms with Gasteiger partial charge in [0, 0.05) is 37.9 Å². The average Bonchev–Trinajstić information content (AvgIpc) is 2.74. The average molecular weight is 420 g/mol. The number of aliphatic hydroxyl groups is 1. The Bertz CT molecular complexity index is 830. The van der Waals surface area contributed by atoms with Gasteiger partial charge in [-0.25, -0.2) is 4.79 Å². The molecule has 8 heteroatoms. The zero-order valence-electron chi connectivity index (χ0n) is 17.0. The van der Waals surface area contributed by atoms with Crippen molar-refractivity contribution in [3.63, 3.8) is 0 Å². The smallest absolute Gasteiger partial charge is 0.387 e. The number of ether oxygens (including phenoxy) is 2. The molecule has 2 aromatic rings. The number of carbonyl (C=O) groups excluding carboxylic acids is 1. The van der Waals surface area contributed by atoms with Gasteiger partial charge in [-0.15, -0.1) is 0 Å². The molecule has 162 valence electrons. The van der Waals surface area contributed by atoms with Crippen molar-refractivity contribution >= 4 is 11.7 Å². The largest absolute Gasteiger partial charge is 0.465 e. The highest BCUT2D eigenvalue weighted by atomic mass is 19.3. The summed E-state index contributed by atoms with van der Waals surface area (Å²) in [6.07, 6.45) is -0.723. The van der Waals surface area contributed by atoms with Crippen LogP contribution in [0.1, 0.15) is 28.9 Å². The predicted octanol–water partition coefficient (Wildman–Crippen LogP) is 3.32. The summed E-state index contributed by atoms with van der Waals surface area (Å²) in [4.78, 5) is 16.0. The number of carbonyl (C=O) groups is 1. The van der Waals surface area contributed by atoms with E-state index in [-0.39, 0.29) is 17.8 Å². The minimum Gasteiger partial charge on any atom is -0.465 e. The molecule has 1 fully saturated rings. The molecule has 1 heterocycles. The summed E-state index contributed by atoms with van der Waals surface area (Å²) in [5.74, 6) is -0.288. The van der Waals surface area contributed by atoms with Gasteiger partial charge < -0.3 is 19.5 Å². The molecule has 2 unspecified atom stereocenters. The lowest BCUT2D eigenvalue weighted by molar-refractivity contribution is -0.0498. The Kier molecular flexibility index (Phi) is 7.23. The molecule has 1 saturated heterocycles. The van der Waals surface area contributed by atoms with Crippen molar-refractivity contribution in [1.82, 2.24) is 4.90 Å². The third-order valence-corrected chi connectivity index (χ3v) is 5.32. The van der Waals surface area contributed by atoms with Gasteiger partial charge in [0.1, 0.15) is 5.75 Å². The standard InChI is InChI=1S/C22H26F2N2O4/c1-15-13-26(18-7-3-17(4-8-18)21(28)29-2)12-11-25(15)14-20(27)16-5-9-19(10-6-16)30-22(23)24/h3-10,15,20,22,27H,11-14H2,1-2H3.